The lowest BCUT2D eigenvalue weighted by Gasteiger charge is -2.11. The van der Waals surface area contributed by atoms with Crippen molar-refractivity contribution in [3.8, 4) is 11.3 Å². The summed E-state index contributed by atoms with van der Waals surface area (Å²) in [6.07, 6.45) is 1.97. The van der Waals surface area contributed by atoms with Crippen molar-refractivity contribution in [2.24, 2.45) is 5.92 Å². The highest BCUT2D eigenvalue weighted by molar-refractivity contribution is 5.88. The Bertz CT molecular complexity index is 911. The molecular formula is C20H21N3. The molecule has 0 aliphatic carbocycles. The van der Waals surface area contributed by atoms with E-state index in [2.05, 4.69) is 48.2 Å². The van der Waals surface area contributed by atoms with Crippen LogP contribution >= 0.6 is 0 Å². The van der Waals surface area contributed by atoms with Gasteiger partial charge in [0.1, 0.15) is 0 Å². The van der Waals surface area contributed by atoms with Crippen molar-refractivity contribution in [2.75, 3.05) is 0 Å². The molecule has 0 radical (unpaired) electrons. The lowest BCUT2D eigenvalue weighted by atomic mass is 10.1. The summed E-state index contributed by atoms with van der Waals surface area (Å²) in [6, 6.07) is 9.79. The van der Waals surface area contributed by atoms with Gasteiger partial charge in [-0.15, -0.1) is 0 Å². The number of hydrogen-bond donors (Lipinski definition) is 0. The van der Waals surface area contributed by atoms with Crippen molar-refractivity contribution >= 4 is 16.6 Å². The van der Waals surface area contributed by atoms with Crippen LogP contribution in [0.1, 0.15) is 25.1 Å². The van der Waals surface area contributed by atoms with Crippen LogP contribution in [0.5, 0.6) is 0 Å². The van der Waals surface area contributed by atoms with Crippen LogP contribution in [-0.2, 0) is 6.54 Å². The van der Waals surface area contributed by atoms with Gasteiger partial charge in [-0.2, -0.15) is 0 Å². The summed E-state index contributed by atoms with van der Waals surface area (Å²) in [5.74, 6) is 0.596. The van der Waals surface area contributed by atoms with Crippen LogP contribution in [0.25, 0.3) is 27.0 Å². The zero-order valence-electron chi connectivity index (χ0n) is 14.1. The van der Waals surface area contributed by atoms with Gasteiger partial charge in [0.05, 0.1) is 24.0 Å². The van der Waals surface area contributed by atoms with Gasteiger partial charge in [-0.1, -0.05) is 32.0 Å². The van der Waals surface area contributed by atoms with Crippen molar-refractivity contribution in [3.63, 3.8) is 0 Å². The number of aromatic nitrogens is 2. The minimum absolute atomic E-state index is 0.596. The van der Waals surface area contributed by atoms with Crippen LogP contribution in [0.4, 0.5) is 5.69 Å². The highest BCUT2D eigenvalue weighted by atomic mass is 15.0. The SMILES string of the molecule is [C-]#[N+]c1cccc(-c2cc3c(C)c(C)n(CC(C)C)c3cn2)c1. The van der Waals surface area contributed by atoms with Crippen molar-refractivity contribution in [1.29, 1.82) is 0 Å². The van der Waals surface area contributed by atoms with E-state index in [4.69, 9.17) is 6.57 Å². The van der Waals surface area contributed by atoms with Gasteiger partial charge < -0.3 is 4.57 Å². The Morgan fingerprint density at radius 2 is 2.00 bits per heavy atom. The van der Waals surface area contributed by atoms with Crippen LogP contribution in [0.3, 0.4) is 0 Å². The third-order valence-corrected chi connectivity index (χ3v) is 4.34. The maximum Gasteiger partial charge on any atom is 0.187 e. The molecule has 3 rings (SSSR count). The van der Waals surface area contributed by atoms with Crippen molar-refractivity contribution in [3.05, 3.63) is 59.2 Å². The lowest BCUT2D eigenvalue weighted by Crippen LogP contribution is -2.06. The fourth-order valence-corrected chi connectivity index (χ4v) is 3.03. The standard InChI is InChI=1S/C20H21N3/c1-13(2)12-23-15(4)14(3)18-10-19(22-11-20(18)23)16-7-6-8-17(9-16)21-5/h6-11,13H,12H2,1-4H3. The smallest absolute Gasteiger partial charge is 0.187 e. The van der Waals surface area contributed by atoms with Gasteiger partial charge in [-0.05, 0) is 43.0 Å². The van der Waals surface area contributed by atoms with E-state index in [1.807, 2.05) is 30.5 Å². The lowest BCUT2D eigenvalue weighted by molar-refractivity contribution is 0.527. The Labute approximate surface area is 137 Å². The van der Waals surface area contributed by atoms with E-state index in [-0.39, 0.29) is 0 Å². The van der Waals surface area contributed by atoms with Crippen LogP contribution < -0.4 is 0 Å². The summed E-state index contributed by atoms with van der Waals surface area (Å²) in [5, 5.41) is 1.25. The molecule has 1 aromatic carbocycles. The van der Waals surface area contributed by atoms with E-state index >= 15 is 0 Å². The van der Waals surface area contributed by atoms with E-state index in [1.165, 1.54) is 22.2 Å². The molecule has 3 heteroatoms. The summed E-state index contributed by atoms with van der Waals surface area (Å²) < 4.78 is 2.36. The molecule has 0 N–H and O–H groups in total. The predicted octanol–water partition coefficient (Wildman–Crippen LogP) is 5.53. The number of aryl methyl sites for hydroxylation is 1. The van der Waals surface area contributed by atoms with Gasteiger partial charge in [0.15, 0.2) is 5.69 Å². The Balaban J connectivity index is 2.16. The molecule has 2 aromatic heterocycles. The summed E-state index contributed by atoms with van der Waals surface area (Å²) in [7, 11) is 0. The maximum atomic E-state index is 7.17. The summed E-state index contributed by atoms with van der Waals surface area (Å²) in [5.41, 5.74) is 6.38. The molecule has 3 aromatic rings. The van der Waals surface area contributed by atoms with E-state index in [0.717, 1.165) is 17.8 Å². The van der Waals surface area contributed by atoms with E-state index < -0.39 is 0 Å². The second-order valence-electron chi connectivity index (χ2n) is 6.46. The largest absolute Gasteiger partial charge is 0.343 e. The number of rotatable bonds is 3. The average Bonchev–Trinajstić information content (AvgIpc) is 2.79. The normalized spacial score (nSPS) is 11.1. The molecule has 0 fully saturated rings. The van der Waals surface area contributed by atoms with Crippen LogP contribution in [0.15, 0.2) is 36.5 Å². The Morgan fingerprint density at radius 3 is 2.70 bits per heavy atom. The molecule has 0 bridgehead atoms. The molecule has 116 valence electrons. The minimum atomic E-state index is 0.596. The number of benzene rings is 1. The van der Waals surface area contributed by atoms with Gasteiger partial charge in [0, 0.05) is 17.6 Å². The topological polar surface area (TPSA) is 22.2 Å². The number of fused-ring (bicyclic) bond motifs is 1. The van der Waals surface area contributed by atoms with Gasteiger partial charge in [0.25, 0.3) is 0 Å². The number of pyridine rings is 1. The first kappa shape index (κ1) is 15.3. The van der Waals surface area contributed by atoms with Crippen molar-refractivity contribution in [2.45, 2.75) is 34.2 Å². The summed E-state index contributed by atoms with van der Waals surface area (Å²) >= 11 is 0. The molecule has 0 amide bonds. The second kappa shape index (κ2) is 5.89. The summed E-state index contributed by atoms with van der Waals surface area (Å²) in [4.78, 5) is 8.16. The fraction of sp³-hybridized carbons (Fsp3) is 0.300. The first-order valence-electron chi connectivity index (χ1n) is 7.94. The summed E-state index contributed by atoms with van der Waals surface area (Å²) in [6.45, 7) is 17.0. The Kier molecular flexibility index (Phi) is 3.92. The zero-order valence-corrected chi connectivity index (χ0v) is 14.1. The van der Waals surface area contributed by atoms with Gasteiger partial charge >= 0.3 is 0 Å². The van der Waals surface area contributed by atoms with E-state index in [1.54, 1.807) is 0 Å². The molecule has 0 unspecified atom stereocenters. The van der Waals surface area contributed by atoms with Gasteiger partial charge in [0.2, 0.25) is 0 Å². The van der Waals surface area contributed by atoms with E-state index in [9.17, 15) is 0 Å². The van der Waals surface area contributed by atoms with Crippen molar-refractivity contribution in [1.82, 2.24) is 9.55 Å². The number of nitrogens with zero attached hydrogens (tertiary/aromatic N) is 3. The average molecular weight is 303 g/mol. The molecule has 3 nitrogen and oxygen atoms in total. The van der Waals surface area contributed by atoms with Crippen LogP contribution in [0.2, 0.25) is 0 Å². The molecule has 0 atom stereocenters. The Morgan fingerprint density at radius 1 is 1.22 bits per heavy atom. The molecule has 2 heterocycles. The predicted molar refractivity (Wildman–Crippen MR) is 95.7 cm³/mol. The van der Waals surface area contributed by atoms with Gasteiger partial charge in [-0.25, -0.2) is 4.85 Å². The monoisotopic (exact) mass is 303 g/mol. The molecule has 0 saturated carbocycles. The highest BCUT2D eigenvalue weighted by Crippen LogP contribution is 2.30. The molecule has 0 saturated heterocycles. The Hall–Kier alpha value is -2.60. The van der Waals surface area contributed by atoms with E-state index in [0.29, 0.717) is 11.6 Å². The molecular weight excluding hydrogens is 282 g/mol. The fourth-order valence-electron chi connectivity index (χ4n) is 3.03. The molecule has 0 spiro atoms. The maximum absolute atomic E-state index is 7.17. The highest BCUT2D eigenvalue weighted by Gasteiger charge is 2.13. The van der Waals surface area contributed by atoms with Crippen LogP contribution in [0, 0.1) is 26.3 Å². The minimum Gasteiger partial charge on any atom is -0.343 e. The van der Waals surface area contributed by atoms with Crippen LogP contribution in [-0.4, -0.2) is 9.55 Å². The van der Waals surface area contributed by atoms with Crippen molar-refractivity contribution < 1.29 is 0 Å². The molecule has 0 aliphatic heterocycles. The first-order valence-corrected chi connectivity index (χ1v) is 7.94. The third kappa shape index (κ3) is 2.73. The zero-order chi connectivity index (χ0) is 16.6. The third-order valence-electron chi connectivity index (χ3n) is 4.34. The molecule has 23 heavy (non-hydrogen) atoms. The second-order valence-corrected chi connectivity index (χ2v) is 6.46. The first-order chi connectivity index (χ1) is 11.0. The van der Waals surface area contributed by atoms with Gasteiger partial charge in [-0.3, -0.25) is 4.98 Å². The number of hydrogen-bond acceptors (Lipinski definition) is 1. The quantitative estimate of drug-likeness (QED) is 0.583. The molecule has 0 aliphatic rings.